The third-order valence-corrected chi connectivity index (χ3v) is 10.3. The van der Waals surface area contributed by atoms with Crippen LogP contribution in [-0.4, -0.2) is 9.13 Å². The summed E-state index contributed by atoms with van der Waals surface area (Å²) in [5.74, 6) is 0. The highest BCUT2D eigenvalue weighted by molar-refractivity contribution is 6.12. The Kier molecular flexibility index (Phi) is 7.45. The molecule has 0 spiro atoms. The number of hydrogen-bond acceptors (Lipinski definition) is 1. The van der Waals surface area contributed by atoms with Crippen molar-refractivity contribution in [3.63, 3.8) is 0 Å². The van der Waals surface area contributed by atoms with Gasteiger partial charge in [-0.15, -0.1) is 0 Å². The average Bonchev–Trinajstić information content (AvgIpc) is 3.62. The summed E-state index contributed by atoms with van der Waals surface area (Å²) < 4.78 is 50.3. The number of alkyl halides is 3. The summed E-state index contributed by atoms with van der Waals surface area (Å²) in [6.07, 6.45) is -4.69. The minimum absolute atomic E-state index is 0.0105. The second-order valence-corrected chi connectivity index (χ2v) is 15.7. The van der Waals surface area contributed by atoms with Gasteiger partial charge in [0.05, 0.1) is 50.6 Å². The number of hydrogen-bond donors (Lipinski definition) is 0. The lowest BCUT2D eigenvalue weighted by atomic mass is 9.86. The van der Waals surface area contributed by atoms with Gasteiger partial charge in [0, 0.05) is 21.5 Å². The van der Waals surface area contributed by atoms with Crippen LogP contribution >= 0.6 is 0 Å². The maximum absolute atomic E-state index is 15.4. The predicted molar refractivity (Wildman–Crippen MR) is 208 cm³/mol. The van der Waals surface area contributed by atoms with Crippen molar-refractivity contribution in [2.24, 2.45) is 0 Å². The summed E-state index contributed by atoms with van der Waals surface area (Å²) in [4.78, 5) is 0. The van der Waals surface area contributed by atoms with Crippen molar-refractivity contribution >= 4 is 43.6 Å². The number of halogens is 3. The van der Waals surface area contributed by atoms with Crippen LogP contribution in [-0.2, 0) is 17.0 Å². The monoisotopic (exact) mass is 689 g/mol. The molecule has 0 saturated heterocycles. The average molecular weight is 690 g/mol. The highest BCUT2D eigenvalue weighted by Crippen LogP contribution is 2.45. The van der Waals surface area contributed by atoms with Crippen molar-refractivity contribution in [2.45, 2.75) is 58.5 Å². The Balaban J connectivity index is 1.58. The van der Waals surface area contributed by atoms with Gasteiger partial charge in [0.2, 0.25) is 0 Å². The first-order valence-electron chi connectivity index (χ1n) is 17.5. The lowest BCUT2D eigenvalue weighted by Gasteiger charge is -2.23. The highest BCUT2D eigenvalue weighted by atomic mass is 19.4. The number of nitrogens with zero attached hydrogens (tertiary/aromatic N) is 3. The molecule has 0 saturated carbocycles. The van der Waals surface area contributed by atoms with Gasteiger partial charge in [0.15, 0.2) is 0 Å². The maximum Gasteiger partial charge on any atom is 0.417 e. The molecule has 0 aliphatic carbocycles. The zero-order valence-electron chi connectivity index (χ0n) is 30.0. The van der Waals surface area contributed by atoms with Crippen LogP contribution in [0.15, 0.2) is 121 Å². The lowest BCUT2D eigenvalue weighted by molar-refractivity contribution is -0.137. The van der Waals surface area contributed by atoms with Crippen molar-refractivity contribution in [3.8, 4) is 28.6 Å². The minimum Gasteiger partial charge on any atom is -0.307 e. The molecule has 0 aliphatic heterocycles. The van der Waals surface area contributed by atoms with E-state index >= 15 is 13.2 Å². The third-order valence-electron chi connectivity index (χ3n) is 10.3. The van der Waals surface area contributed by atoms with Crippen LogP contribution in [0.2, 0.25) is 0 Å². The lowest BCUT2D eigenvalue weighted by Crippen LogP contribution is -2.13. The van der Waals surface area contributed by atoms with Gasteiger partial charge in [0.1, 0.15) is 0 Å². The van der Waals surface area contributed by atoms with E-state index in [-0.39, 0.29) is 16.4 Å². The van der Waals surface area contributed by atoms with Crippen LogP contribution in [0.3, 0.4) is 0 Å². The molecule has 6 heteroatoms. The zero-order valence-corrected chi connectivity index (χ0v) is 30.0. The smallest absolute Gasteiger partial charge is 0.307 e. The van der Waals surface area contributed by atoms with Crippen LogP contribution in [0, 0.1) is 11.3 Å². The molecule has 0 radical (unpaired) electrons. The van der Waals surface area contributed by atoms with Gasteiger partial charge >= 0.3 is 6.18 Å². The zero-order chi connectivity index (χ0) is 36.7. The molecule has 258 valence electrons. The fourth-order valence-electron chi connectivity index (χ4n) is 7.56. The van der Waals surface area contributed by atoms with Crippen molar-refractivity contribution in [1.82, 2.24) is 9.13 Å². The molecule has 2 aromatic heterocycles. The van der Waals surface area contributed by atoms with E-state index in [1.165, 1.54) is 17.7 Å². The summed E-state index contributed by atoms with van der Waals surface area (Å²) in [6, 6.07) is 40.2. The van der Waals surface area contributed by atoms with E-state index in [1.807, 2.05) is 53.1 Å². The molecule has 6 aromatic carbocycles. The second kappa shape index (κ2) is 11.6. The quantitative estimate of drug-likeness (QED) is 0.182. The molecule has 0 amide bonds. The number of fused-ring (bicyclic) bond motifs is 6. The van der Waals surface area contributed by atoms with E-state index in [0.717, 1.165) is 49.2 Å². The molecule has 8 aromatic rings. The third kappa shape index (κ3) is 5.35. The first-order chi connectivity index (χ1) is 24.6. The van der Waals surface area contributed by atoms with E-state index in [4.69, 9.17) is 0 Å². The molecule has 0 aliphatic rings. The van der Waals surface area contributed by atoms with Crippen molar-refractivity contribution < 1.29 is 13.2 Å². The SMILES string of the molecule is CC(C)(C)c1ccc2c(c1)c1ccccc1n2-c1cc(-c2cccc(C#N)c2)c(C(F)(F)F)cc1-n1c2ccccc2c2cc(C(C)(C)C)ccc21. The molecule has 0 N–H and O–H groups in total. The van der Waals surface area contributed by atoms with Crippen LogP contribution in [0.1, 0.15) is 63.8 Å². The van der Waals surface area contributed by atoms with Gasteiger partial charge in [-0.25, -0.2) is 0 Å². The number of aromatic nitrogens is 2. The Morgan fingerprint density at radius 2 is 0.981 bits per heavy atom. The molecule has 0 atom stereocenters. The first kappa shape index (κ1) is 33.3. The predicted octanol–water partition coefficient (Wildman–Crippen LogP) is 13.0. The van der Waals surface area contributed by atoms with Gasteiger partial charge in [-0.05, 0) is 93.7 Å². The van der Waals surface area contributed by atoms with E-state index in [2.05, 4.69) is 88.6 Å². The van der Waals surface area contributed by atoms with Crippen LogP contribution in [0.25, 0.3) is 66.1 Å². The fourth-order valence-corrected chi connectivity index (χ4v) is 7.56. The Hall–Kier alpha value is -5.80. The van der Waals surface area contributed by atoms with Crippen LogP contribution in [0.4, 0.5) is 13.2 Å². The summed E-state index contributed by atoms with van der Waals surface area (Å²) in [7, 11) is 0. The summed E-state index contributed by atoms with van der Waals surface area (Å²) in [5.41, 5.74) is 6.35. The standard InChI is InChI=1S/C46H38F3N3/c1-44(2,3)30-18-20-40-35(23-30)32-14-7-9-16-38(32)51(40)42-25-34(29-13-11-12-28(22-29)27-50)37(46(47,48)49)26-43(42)52-39-17-10-8-15-33(39)36-24-31(45(4,5)6)19-21-41(36)52/h7-26H,1-6H3. The van der Waals surface area contributed by atoms with Crippen LogP contribution < -0.4 is 0 Å². The first-order valence-corrected chi connectivity index (χ1v) is 17.5. The van der Waals surface area contributed by atoms with Gasteiger partial charge in [-0.3, -0.25) is 0 Å². The largest absolute Gasteiger partial charge is 0.417 e. The molecule has 8 rings (SSSR count). The van der Waals surface area contributed by atoms with Gasteiger partial charge in [-0.2, -0.15) is 18.4 Å². The summed E-state index contributed by atoms with van der Waals surface area (Å²) >= 11 is 0. The molecule has 0 unspecified atom stereocenters. The molecular weight excluding hydrogens is 652 g/mol. The molecule has 52 heavy (non-hydrogen) atoms. The van der Waals surface area contributed by atoms with Crippen molar-refractivity contribution in [2.75, 3.05) is 0 Å². The Morgan fingerprint density at radius 1 is 0.500 bits per heavy atom. The van der Waals surface area contributed by atoms with E-state index < -0.39 is 11.7 Å². The molecule has 3 nitrogen and oxygen atoms in total. The number of rotatable bonds is 3. The molecular formula is C46H38F3N3. The Bertz CT molecular complexity index is 2760. The van der Waals surface area contributed by atoms with E-state index in [1.54, 1.807) is 24.3 Å². The van der Waals surface area contributed by atoms with Gasteiger partial charge in [0.25, 0.3) is 0 Å². The Labute approximate surface area is 301 Å². The molecule has 2 heterocycles. The van der Waals surface area contributed by atoms with Crippen molar-refractivity contribution in [1.29, 1.82) is 5.26 Å². The number of para-hydroxylation sites is 2. The normalized spacial score (nSPS) is 12.7. The number of nitriles is 1. The number of benzene rings is 6. The van der Waals surface area contributed by atoms with Gasteiger partial charge in [-0.1, -0.05) is 102 Å². The topological polar surface area (TPSA) is 33.6 Å². The molecule has 0 fully saturated rings. The van der Waals surface area contributed by atoms with Crippen LogP contribution in [0.5, 0.6) is 0 Å². The Morgan fingerprint density at radius 3 is 1.46 bits per heavy atom. The maximum atomic E-state index is 15.4. The van der Waals surface area contributed by atoms with E-state index in [0.29, 0.717) is 22.5 Å². The summed E-state index contributed by atoms with van der Waals surface area (Å²) in [6.45, 7) is 13.0. The summed E-state index contributed by atoms with van der Waals surface area (Å²) in [5, 5.41) is 13.7. The second-order valence-electron chi connectivity index (χ2n) is 15.7. The highest BCUT2D eigenvalue weighted by Gasteiger charge is 2.36. The van der Waals surface area contributed by atoms with Gasteiger partial charge < -0.3 is 9.13 Å². The minimum atomic E-state index is -4.69. The van der Waals surface area contributed by atoms with Crippen molar-refractivity contribution in [3.05, 3.63) is 144 Å². The van der Waals surface area contributed by atoms with E-state index in [9.17, 15) is 5.26 Å². The fraction of sp³-hybridized carbons (Fsp3) is 0.196. The molecule has 0 bridgehead atoms.